The van der Waals surface area contributed by atoms with Crippen molar-refractivity contribution in [1.82, 2.24) is 10.2 Å². The van der Waals surface area contributed by atoms with Crippen LogP contribution < -0.4 is 10.1 Å². The zero-order chi connectivity index (χ0) is 13.0. The molecule has 0 spiro atoms. The van der Waals surface area contributed by atoms with Gasteiger partial charge in [0.25, 0.3) is 0 Å². The average molecular weight is 273 g/mol. The molecule has 1 N–H and O–H groups in total. The van der Waals surface area contributed by atoms with E-state index in [1.54, 1.807) is 6.07 Å². The molecule has 1 saturated heterocycles. The largest absolute Gasteiger partial charge is 0.492 e. The van der Waals surface area contributed by atoms with Crippen molar-refractivity contribution >= 4 is 11.6 Å². The molecule has 1 aliphatic heterocycles. The number of rotatable bonds is 4. The van der Waals surface area contributed by atoms with Gasteiger partial charge in [0.05, 0.1) is 12.1 Å². The van der Waals surface area contributed by atoms with E-state index in [2.05, 4.69) is 10.2 Å². The molecule has 0 radical (unpaired) electrons. The average Bonchev–Trinajstić information content (AvgIpc) is 2.37. The second kappa shape index (κ2) is 6.36. The Labute approximate surface area is 112 Å². The van der Waals surface area contributed by atoms with Crippen molar-refractivity contribution in [2.75, 3.05) is 39.8 Å². The van der Waals surface area contributed by atoms with Crippen LogP contribution in [-0.4, -0.2) is 44.7 Å². The Balaban J connectivity index is 1.96. The van der Waals surface area contributed by atoms with Gasteiger partial charge in [-0.05, 0) is 24.1 Å². The van der Waals surface area contributed by atoms with Crippen LogP contribution in [0.5, 0.6) is 5.75 Å². The SMILES string of the molecule is COc1c(F)cc(CCN2CCNCC2)cc1Cl. The molecule has 0 unspecified atom stereocenters. The maximum atomic E-state index is 13.6. The first kappa shape index (κ1) is 13.6. The minimum absolute atomic E-state index is 0.127. The van der Waals surface area contributed by atoms with Crippen molar-refractivity contribution < 1.29 is 9.13 Å². The van der Waals surface area contributed by atoms with Crippen LogP contribution in [0.25, 0.3) is 0 Å². The fourth-order valence-electron chi connectivity index (χ4n) is 2.17. The van der Waals surface area contributed by atoms with E-state index in [4.69, 9.17) is 16.3 Å². The lowest BCUT2D eigenvalue weighted by Crippen LogP contribution is -2.44. The Morgan fingerprint density at radius 3 is 2.72 bits per heavy atom. The molecule has 0 atom stereocenters. The van der Waals surface area contributed by atoms with E-state index in [1.165, 1.54) is 13.2 Å². The lowest BCUT2D eigenvalue weighted by atomic mass is 10.1. The second-order valence-corrected chi connectivity index (χ2v) is 4.84. The Morgan fingerprint density at radius 2 is 2.11 bits per heavy atom. The third-order valence-electron chi connectivity index (χ3n) is 3.19. The molecule has 0 bridgehead atoms. The molecule has 1 aliphatic rings. The van der Waals surface area contributed by atoms with Gasteiger partial charge >= 0.3 is 0 Å². The summed E-state index contributed by atoms with van der Waals surface area (Å²) < 4.78 is 18.5. The first-order chi connectivity index (χ1) is 8.70. The van der Waals surface area contributed by atoms with Gasteiger partial charge in [-0.2, -0.15) is 0 Å². The Hall–Kier alpha value is -0.840. The summed E-state index contributed by atoms with van der Waals surface area (Å²) in [6, 6.07) is 3.29. The van der Waals surface area contributed by atoms with Gasteiger partial charge in [-0.3, -0.25) is 0 Å². The molecule has 1 aromatic rings. The first-order valence-electron chi connectivity index (χ1n) is 6.15. The summed E-state index contributed by atoms with van der Waals surface area (Å²) in [5, 5.41) is 3.65. The molecule has 0 amide bonds. The van der Waals surface area contributed by atoms with Crippen molar-refractivity contribution in [3.8, 4) is 5.75 Å². The van der Waals surface area contributed by atoms with Crippen LogP contribution in [0.2, 0.25) is 5.02 Å². The molecule has 2 rings (SSSR count). The summed E-state index contributed by atoms with van der Waals surface area (Å²) >= 11 is 5.97. The highest BCUT2D eigenvalue weighted by molar-refractivity contribution is 6.32. The van der Waals surface area contributed by atoms with E-state index in [0.29, 0.717) is 5.02 Å². The van der Waals surface area contributed by atoms with E-state index in [-0.39, 0.29) is 11.6 Å². The third-order valence-corrected chi connectivity index (χ3v) is 3.47. The summed E-state index contributed by atoms with van der Waals surface area (Å²) in [4.78, 5) is 2.37. The maximum absolute atomic E-state index is 13.6. The summed E-state index contributed by atoms with van der Waals surface area (Å²) in [5.74, 6) is -0.261. The third kappa shape index (κ3) is 3.34. The summed E-state index contributed by atoms with van der Waals surface area (Å²) in [6.45, 7) is 5.08. The van der Waals surface area contributed by atoms with E-state index < -0.39 is 0 Å². The summed E-state index contributed by atoms with van der Waals surface area (Å²) in [6.07, 6.45) is 0.806. The number of ether oxygens (including phenoxy) is 1. The number of methoxy groups -OCH3 is 1. The van der Waals surface area contributed by atoms with E-state index in [1.807, 2.05) is 0 Å². The van der Waals surface area contributed by atoms with Gasteiger partial charge in [-0.1, -0.05) is 11.6 Å². The molecule has 18 heavy (non-hydrogen) atoms. The number of halogens is 2. The van der Waals surface area contributed by atoms with E-state index in [0.717, 1.165) is 44.7 Å². The quantitative estimate of drug-likeness (QED) is 0.907. The molecular weight excluding hydrogens is 255 g/mol. The fourth-order valence-corrected chi connectivity index (χ4v) is 2.48. The molecule has 3 nitrogen and oxygen atoms in total. The number of nitrogens with zero attached hydrogens (tertiary/aromatic N) is 1. The molecule has 5 heteroatoms. The van der Waals surface area contributed by atoms with Gasteiger partial charge in [0.15, 0.2) is 11.6 Å². The minimum Gasteiger partial charge on any atom is -0.492 e. The number of piperazine rings is 1. The zero-order valence-corrected chi connectivity index (χ0v) is 11.3. The van der Waals surface area contributed by atoms with Gasteiger partial charge in [0, 0.05) is 32.7 Å². The lowest BCUT2D eigenvalue weighted by molar-refractivity contribution is 0.244. The van der Waals surface area contributed by atoms with E-state index >= 15 is 0 Å². The van der Waals surface area contributed by atoms with Crippen LogP contribution in [-0.2, 0) is 6.42 Å². The molecule has 0 aliphatic carbocycles. The van der Waals surface area contributed by atoms with Crippen molar-refractivity contribution in [3.05, 3.63) is 28.5 Å². The van der Waals surface area contributed by atoms with Gasteiger partial charge in [-0.25, -0.2) is 4.39 Å². The van der Waals surface area contributed by atoms with E-state index in [9.17, 15) is 4.39 Å². The zero-order valence-electron chi connectivity index (χ0n) is 10.5. The second-order valence-electron chi connectivity index (χ2n) is 4.43. The highest BCUT2D eigenvalue weighted by atomic mass is 35.5. The monoisotopic (exact) mass is 272 g/mol. The maximum Gasteiger partial charge on any atom is 0.173 e. The van der Waals surface area contributed by atoms with Crippen molar-refractivity contribution in [2.45, 2.75) is 6.42 Å². The molecule has 1 heterocycles. The summed E-state index contributed by atoms with van der Waals surface area (Å²) in [5.41, 5.74) is 0.914. The fraction of sp³-hybridized carbons (Fsp3) is 0.538. The highest BCUT2D eigenvalue weighted by Crippen LogP contribution is 2.29. The molecule has 1 fully saturated rings. The van der Waals surface area contributed by atoms with Crippen molar-refractivity contribution in [3.63, 3.8) is 0 Å². The first-order valence-corrected chi connectivity index (χ1v) is 6.53. The van der Waals surface area contributed by atoms with Gasteiger partial charge in [-0.15, -0.1) is 0 Å². The predicted octanol–water partition coefficient (Wildman–Crippen LogP) is 1.94. The van der Waals surface area contributed by atoms with Crippen molar-refractivity contribution in [2.24, 2.45) is 0 Å². The lowest BCUT2D eigenvalue weighted by Gasteiger charge is -2.27. The normalized spacial score (nSPS) is 16.8. The standard InChI is InChI=1S/C13H18ClFN2O/c1-18-13-11(14)8-10(9-12(13)15)2-5-17-6-3-16-4-7-17/h8-9,16H,2-7H2,1H3. The summed E-state index contributed by atoms with van der Waals surface area (Å²) in [7, 11) is 1.42. The molecule has 0 aromatic heterocycles. The van der Waals surface area contributed by atoms with Gasteiger partial charge in [0.2, 0.25) is 0 Å². The van der Waals surface area contributed by atoms with Gasteiger partial charge in [0.1, 0.15) is 0 Å². The molecular formula is C13H18ClFN2O. The Morgan fingerprint density at radius 1 is 1.39 bits per heavy atom. The van der Waals surface area contributed by atoms with Crippen LogP contribution in [0.4, 0.5) is 4.39 Å². The minimum atomic E-state index is -0.389. The topological polar surface area (TPSA) is 24.5 Å². The van der Waals surface area contributed by atoms with Crippen LogP contribution in [0.3, 0.4) is 0 Å². The molecule has 1 aromatic carbocycles. The number of nitrogens with one attached hydrogen (secondary N) is 1. The molecule has 100 valence electrons. The molecule has 0 saturated carbocycles. The number of benzene rings is 1. The predicted molar refractivity (Wildman–Crippen MR) is 71.0 cm³/mol. The Bertz CT molecular complexity index is 385. The smallest absolute Gasteiger partial charge is 0.173 e. The number of hydrogen-bond donors (Lipinski definition) is 1. The number of hydrogen-bond acceptors (Lipinski definition) is 3. The van der Waals surface area contributed by atoms with Crippen LogP contribution in [0, 0.1) is 5.82 Å². The van der Waals surface area contributed by atoms with Gasteiger partial charge < -0.3 is 15.0 Å². The van der Waals surface area contributed by atoms with Crippen LogP contribution in [0.15, 0.2) is 12.1 Å². The Kier molecular flexibility index (Phi) is 4.80. The van der Waals surface area contributed by atoms with Crippen LogP contribution >= 0.6 is 11.6 Å². The van der Waals surface area contributed by atoms with Crippen LogP contribution in [0.1, 0.15) is 5.56 Å². The van der Waals surface area contributed by atoms with Crippen molar-refractivity contribution in [1.29, 1.82) is 0 Å². The highest BCUT2D eigenvalue weighted by Gasteiger charge is 2.12.